The lowest BCUT2D eigenvalue weighted by Gasteiger charge is -2.36. The minimum absolute atomic E-state index is 0.581. The lowest BCUT2D eigenvalue weighted by atomic mass is 9.91. The van der Waals surface area contributed by atoms with E-state index < -0.39 is 5.60 Å². The van der Waals surface area contributed by atoms with E-state index in [1.165, 1.54) is 0 Å². The summed E-state index contributed by atoms with van der Waals surface area (Å²) in [5.74, 6) is 0.792. The molecular weight excluding hydrogens is 156 g/mol. The molecule has 2 N–H and O–H groups in total. The van der Waals surface area contributed by atoms with Crippen LogP contribution in [0.2, 0.25) is 0 Å². The molecule has 0 saturated carbocycles. The van der Waals surface area contributed by atoms with Gasteiger partial charge in [-0.05, 0) is 6.92 Å². The van der Waals surface area contributed by atoms with Crippen LogP contribution in [0.5, 0.6) is 0 Å². The summed E-state index contributed by atoms with van der Waals surface area (Å²) in [5.41, 5.74) is 0.236. The average molecular weight is 168 g/mol. The van der Waals surface area contributed by atoms with Gasteiger partial charge in [0.25, 0.3) is 0 Å². The molecule has 1 aromatic heterocycles. The zero-order chi connectivity index (χ0) is 8.60. The Kier molecular flexibility index (Phi) is 1.66. The number of hydrogen-bond donors (Lipinski definition) is 2. The number of nitrogens with one attached hydrogen (secondary N) is 1. The van der Waals surface area contributed by atoms with Crippen molar-refractivity contribution in [2.45, 2.75) is 18.9 Å². The van der Waals surface area contributed by atoms with Crippen LogP contribution in [-0.4, -0.2) is 29.0 Å². The highest BCUT2D eigenvalue weighted by atomic mass is 16.5. The number of rotatable bonds is 2. The van der Waals surface area contributed by atoms with Crippen molar-refractivity contribution in [3.63, 3.8) is 0 Å². The van der Waals surface area contributed by atoms with Gasteiger partial charge in [0.15, 0.2) is 0 Å². The Balaban J connectivity index is 2.03. The van der Waals surface area contributed by atoms with Gasteiger partial charge in [-0.3, -0.25) is 0 Å². The van der Waals surface area contributed by atoms with E-state index in [1.807, 2.05) is 13.0 Å². The highest BCUT2D eigenvalue weighted by molar-refractivity contribution is 5.10. The Morgan fingerprint density at radius 2 is 2.50 bits per heavy atom. The smallest absolute Gasteiger partial charge is 0.133 e. The maximum atomic E-state index is 9.73. The van der Waals surface area contributed by atoms with Crippen LogP contribution in [0.3, 0.4) is 0 Å². The molecule has 0 unspecified atom stereocenters. The molecule has 0 radical (unpaired) electrons. The second-order valence-corrected chi connectivity index (χ2v) is 3.43. The molecule has 2 heterocycles. The molecular formula is C8H12N2O2. The molecule has 0 atom stereocenters. The number of aryl methyl sites for hydroxylation is 1. The highest BCUT2D eigenvalue weighted by Crippen LogP contribution is 2.17. The average Bonchev–Trinajstić information content (AvgIpc) is 2.32. The number of β-amino-alcohol motifs (C(OH)–C–C–N with tert-alkyl or cyclic N) is 1. The van der Waals surface area contributed by atoms with Gasteiger partial charge in [0.05, 0.1) is 11.3 Å². The summed E-state index contributed by atoms with van der Waals surface area (Å²) >= 11 is 0. The third kappa shape index (κ3) is 1.35. The fourth-order valence-corrected chi connectivity index (χ4v) is 1.38. The molecule has 1 fully saturated rings. The summed E-state index contributed by atoms with van der Waals surface area (Å²) in [6, 6.07) is 1.86. The lowest BCUT2D eigenvalue weighted by Crippen LogP contribution is -2.60. The Hall–Kier alpha value is -0.870. The van der Waals surface area contributed by atoms with Crippen LogP contribution < -0.4 is 5.32 Å². The number of aliphatic hydroxyl groups is 1. The maximum absolute atomic E-state index is 9.73. The number of hydrogen-bond acceptors (Lipinski definition) is 4. The Bertz CT molecular complexity index is 278. The predicted molar refractivity (Wildman–Crippen MR) is 42.8 cm³/mol. The summed E-state index contributed by atoms with van der Waals surface area (Å²) in [6.45, 7) is 3.15. The van der Waals surface area contributed by atoms with Crippen LogP contribution in [-0.2, 0) is 6.42 Å². The van der Waals surface area contributed by atoms with E-state index in [9.17, 15) is 5.11 Å². The SMILES string of the molecule is Cc1cc(CC2(O)CNC2)no1. The van der Waals surface area contributed by atoms with E-state index in [0.29, 0.717) is 19.5 Å². The molecule has 1 aliphatic rings. The first-order chi connectivity index (χ1) is 5.68. The largest absolute Gasteiger partial charge is 0.387 e. The molecule has 4 nitrogen and oxygen atoms in total. The van der Waals surface area contributed by atoms with Crippen LogP contribution in [0.1, 0.15) is 11.5 Å². The van der Waals surface area contributed by atoms with E-state index >= 15 is 0 Å². The first kappa shape index (κ1) is 7.76. The second kappa shape index (κ2) is 2.57. The molecule has 0 aromatic carbocycles. The first-order valence-electron chi connectivity index (χ1n) is 4.03. The fourth-order valence-electron chi connectivity index (χ4n) is 1.38. The Morgan fingerprint density at radius 3 is 2.92 bits per heavy atom. The van der Waals surface area contributed by atoms with Crippen molar-refractivity contribution < 1.29 is 9.63 Å². The van der Waals surface area contributed by atoms with Gasteiger partial charge in [-0.25, -0.2) is 0 Å². The van der Waals surface area contributed by atoms with E-state index in [4.69, 9.17) is 4.52 Å². The van der Waals surface area contributed by atoms with Crippen molar-refractivity contribution >= 4 is 0 Å². The summed E-state index contributed by atoms with van der Waals surface area (Å²) in [6.07, 6.45) is 0.581. The minimum atomic E-state index is -0.594. The van der Waals surface area contributed by atoms with Crippen molar-refractivity contribution in [2.24, 2.45) is 0 Å². The molecule has 66 valence electrons. The van der Waals surface area contributed by atoms with Crippen LogP contribution in [0.4, 0.5) is 0 Å². The third-order valence-electron chi connectivity index (χ3n) is 2.10. The van der Waals surface area contributed by atoms with Gasteiger partial charge in [0.2, 0.25) is 0 Å². The molecule has 1 aromatic rings. The van der Waals surface area contributed by atoms with Crippen LogP contribution in [0.15, 0.2) is 10.6 Å². The molecule has 0 aliphatic carbocycles. The molecule has 1 aliphatic heterocycles. The quantitative estimate of drug-likeness (QED) is 0.645. The van der Waals surface area contributed by atoms with Gasteiger partial charge in [-0.2, -0.15) is 0 Å². The zero-order valence-electron chi connectivity index (χ0n) is 7.00. The van der Waals surface area contributed by atoms with Crippen LogP contribution in [0, 0.1) is 6.92 Å². The highest BCUT2D eigenvalue weighted by Gasteiger charge is 2.35. The molecule has 4 heteroatoms. The Morgan fingerprint density at radius 1 is 1.75 bits per heavy atom. The van der Waals surface area contributed by atoms with Gasteiger partial charge >= 0.3 is 0 Å². The first-order valence-corrected chi connectivity index (χ1v) is 4.03. The molecule has 2 rings (SSSR count). The number of aromatic nitrogens is 1. The Labute approximate surface area is 70.6 Å². The van der Waals surface area contributed by atoms with Crippen LogP contribution in [0.25, 0.3) is 0 Å². The fraction of sp³-hybridized carbons (Fsp3) is 0.625. The van der Waals surface area contributed by atoms with Gasteiger partial charge in [0, 0.05) is 25.6 Å². The summed E-state index contributed by atoms with van der Waals surface area (Å²) in [4.78, 5) is 0. The van der Waals surface area contributed by atoms with E-state index in [0.717, 1.165) is 11.5 Å². The van der Waals surface area contributed by atoms with Crippen molar-refractivity contribution in [1.29, 1.82) is 0 Å². The topological polar surface area (TPSA) is 58.3 Å². The molecule has 1 saturated heterocycles. The third-order valence-corrected chi connectivity index (χ3v) is 2.10. The van der Waals surface area contributed by atoms with Gasteiger partial charge in [-0.15, -0.1) is 0 Å². The van der Waals surface area contributed by atoms with Gasteiger partial charge in [-0.1, -0.05) is 5.16 Å². The molecule has 0 bridgehead atoms. The van der Waals surface area contributed by atoms with Gasteiger partial charge in [0.1, 0.15) is 5.76 Å². The maximum Gasteiger partial charge on any atom is 0.133 e. The summed E-state index contributed by atoms with van der Waals surface area (Å²) < 4.78 is 4.90. The van der Waals surface area contributed by atoms with Crippen molar-refractivity contribution in [1.82, 2.24) is 10.5 Å². The zero-order valence-corrected chi connectivity index (χ0v) is 7.00. The normalized spacial score (nSPS) is 20.5. The molecule has 0 amide bonds. The summed E-state index contributed by atoms with van der Waals surface area (Å²) in [7, 11) is 0. The van der Waals surface area contributed by atoms with Crippen molar-refractivity contribution in [3.8, 4) is 0 Å². The molecule has 12 heavy (non-hydrogen) atoms. The minimum Gasteiger partial charge on any atom is -0.387 e. The summed E-state index contributed by atoms with van der Waals surface area (Å²) in [5, 5.41) is 16.6. The second-order valence-electron chi connectivity index (χ2n) is 3.43. The molecule has 0 spiro atoms. The van der Waals surface area contributed by atoms with E-state index in [2.05, 4.69) is 10.5 Å². The standard InChI is InChI=1S/C8H12N2O2/c1-6-2-7(10-12-6)3-8(11)4-9-5-8/h2,9,11H,3-5H2,1H3. The van der Waals surface area contributed by atoms with Crippen molar-refractivity contribution in [2.75, 3.05) is 13.1 Å². The number of nitrogens with zero attached hydrogens (tertiary/aromatic N) is 1. The lowest BCUT2D eigenvalue weighted by molar-refractivity contribution is -0.0103. The van der Waals surface area contributed by atoms with E-state index in [-0.39, 0.29) is 0 Å². The van der Waals surface area contributed by atoms with Gasteiger partial charge < -0.3 is 14.9 Å². The van der Waals surface area contributed by atoms with Crippen molar-refractivity contribution in [3.05, 3.63) is 17.5 Å². The monoisotopic (exact) mass is 168 g/mol. The van der Waals surface area contributed by atoms with Crippen LogP contribution >= 0.6 is 0 Å². The predicted octanol–water partition coefficient (Wildman–Crippen LogP) is -0.140. The van der Waals surface area contributed by atoms with E-state index in [1.54, 1.807) is 0 Å².